The number of hydrogen-bond donors (Lipinski definition) is 1. The molecule has 2 atom stereocenters. The number of piperazine rings is 1. The molecular weight excluding hydrogens is 281 g/mol. The zero-order valence-corrected chi connectivity index (χ0v) is 13.6. The van der Waals surface area contributed by atoms with Crippen LogP contribution in [0.15, 0.2) is 0 Å². The standard InChI is InChI=1S/C15H29F3N2O/c1-5-12-10-20(13(9-19-12)14(2,3)4)7-6-8-21-11-15(16,17)18/h12-13,19H,5-11H2,1-4H3. The van der Waals surface area contributed by atoms with Gasteiger partial charge in [0, 0.05) is 38.3 Å². The highest BCUT2D eigenvalue weighted by atomic mass is 19.4. The molecule has 0 aliphatic carbocycles. The van der Waals surface area contributed by atoms with Crippen LogP contribution in [-0.2, 0) is 4.74 Å². The van der Waals surface area contributed by atoms with E-state index in [4.69, 9.17) is 4.74 Å². The molecule has 0 aromatic rings. The summed E-state index contributed by atoms with van der Waals surface area (Å²) < 4.78 is 40.7. The second-order valence-electron chi connectivity index (χ2n) is 6.91. The van der Waals surface area contributed by atoms with Crippen molar-refractivity contribution in [2.75, 3.05) is 32.8 Å². The van der Waals surface area contributed by atoms with Crippen molar-refractivity contribution in [3.8, 4) is 0 Å². The molecule has 1 heterocycles. The van der Waals surface area contributed by atoms with Crippen molar-refractivity contribution in [2.45, 2.75) is 58.8 Å². The molecule has 1 saturated heterocycles. The predicted octanol–water partition coefficient (Wildman–Crippen LogP) is 3.05. The lowest BCUT2D eigenvalue weighted by molar-refractivity contribution is -0.174. The molecule has 2 unspecified atom stereocenters. The molecular formula is C15H29F3N2O. The van der Waals surface area contributed by atoms with Crippen molar-refractivity contribution >= 4 is 0 Å². The molecule has 21 heavy (non-hydrogen) atoms. The van der Waals surface area contributed by atoms with Crippen LogP contribution in [0.3, 0.4) is 0 Å². The number of halogens is 3. The highest BCUT2D eigenvalue weighted by Crippen LogP contribution is 2.27. The number of hydrogen-bond acceptors (Lipinski definition) is 3. The fourth-order valence-electron chi connectivity index (χ4n) is 2.81. The van der Waals surface area contributed by atoms with E-state index in [0.717, 1.165) is 26.1 Å². The summed E-state index contributed by atoms with van der Waals surface area (Å²) in [5, 5.41) is 3.56. The Balaban J connectivity index is 2.40. The normalized spacial score (nSPS) is 25.3. The van der Waals surface area contributed by atoms with E-state index in [9.17, 15) is 13.2 Å². The minimum absolute atomic E-state index is 0.151. The van der Waals surface area contributed by atoms with Gasteiger partial charge >= 0.3 is 6.18 Å². The van der Waals surface area contributed by atoms with Gasteiger partial charge in [-0.05, 0) is 18.3 Å². The molecule has 1 aliphatic heterocycles. The number of ether oxygens (including phenoxy) is 1. The van der Waals surface area contributed by atoms with E-state index in [1.807, 2.05) is 0 Å². The van der Waals surface area contributed by atoms with Gasteiger partial charge in [-0.3, -0.25) is 4.90 Å². The van der Waals surface area contributed by atoms with E-state index in [0.29, 0.717) is 18.5 Å². The van der Waals surface area contributed by atoms with Gasteiger partial charge in [0.05, 0.1) is 0 Å². The minimum Gasteiger partial charge on any atom is -0.372 e. The predicted molar refractivity (Wildman–Crippen MR) is 78.4 cm³/mol. The molecule has 0 aromatic heterocycles. The molecule has 0 amide bonds. The second-order valence-corrected chi connectivity index (χ2v) is 6.91. The molecule has 126 valence electrons. The topological polar surface area (TPSA) is 24.5 Å². The van der Waals surface area contributed by atoms with Crippen molar-refractivity contribution in [3.63, 3.8) is 0 Å². The molecule has 0 aromatic carbocycles. The Morgan fingerprint density at radius 3 is 2.43 bits per heavy atom. The molecule has 0 radical (unpaired) electrons. The summed E-state index contributed by atoms with van der Waals surface area (Å²) in [6.07, 6.45) is -2.52. The van der Waals surface area contributed by atoms with Crippen LogP contribution in [0.25, 0.3) is 0 Å². The monoisotopic (exact) mass is 310 g/mol. The summed E-state index contributed by atoms with van der Waals surface area (Å²) in [6.45, 7) is 10.5. The molecule has 3 nitrogen and oxygen atoms in total. The van der Waals surface area contributed by atoms with Crippen LogP contribution in [-0.4, -0.2) is 56.0 Å². The zero-order chi connectivity index (χ0) is 16.1. The van der Waals surface area contributed by atoms with Gasteiger partial charge < -0.3 is 10.1 Å². The summed E-state index contributed by atoms with van der Waals surface area (Å²) in [5.74, 6) is 0. The Morgan fingerprint density at radius 1 is 1.24 bits per heavy atom. The van der Waals surface area contributed by atoms with E-state index in [2.05, 4.69) is 37.9 Å². The maximum Gasteiger partial charge on any atom is 0.411 e. The fourth-order valence-corrected chi connectivity index (χ4v) is 2.81. The van der Waals surface area contributed by atoms with Crippen molar-refractivity contribution in [3.05, 3.63) is 0 Å². The molecule has 0 bridgehead atoms. The van der Waals surface area contributed by atoms with E-state index < -0.39 is 12.8 Å². The van der Waals surface area contributed by atoms with Gasteiger partial charge in [0.1, 0.15) is 6.61 Å². The Labute approximate surface area is 126 Å². The zero-order valence-electron chi connectivity index (χ0n) is 13.6. The molecule has 1 N–H and O–H groups in total. The van der Waals surface area contributed by atoms with E-state index >= 15 is 0 Å². The van der Waals surface area contributed by atoms with E-state index in [-0.39, 0.29) is 12.0 Å². The van der Waals surface area contributed by atoms with Gasteiger partial charge in [-0.25, -0.2) is 0 Å². The van der Waals surface area contributed by atoms with Gasteiger partial charge in [-0.2, -0.15) is 13.2 Å². The Bertz CT molecular complexity index is 302. The van der Waals surface area contributed by atoms with Gasteiger partial charge in [0.2, 0.25) is 0 Å². The summed E-state index contributed by atoms with van der Waals surface area (Å²) in [6, 6.07) is 0.877. The van der Waals surface area contributed by atoms with Crippen LogP contribution >= 0.6 is 0 Å². The van der Waals surface area contributed by atoms with Crippen LogP contribution in [0.2, 0.25) is 0 Å². The van der Waals surface area contributed by atoms with E-state index in [1.54, 1.807) is 0 Å². The van der Waals surface area contributed by atoms with Crippen LogP contribution in [0.5, 0.6) is 0 Å². The van der Waals surface area contributed by atoms with Crippen LogP contribution < -0.4 is 5.32 Å². The van der Waals surface area contributed by atoms with Crippen molar-refractivity contribution < 1.29 is 17.9 Å². The molecule has 1 fully saturated rings. The summed E-state index contributed by atoms with van der Waals surface area (Å²) in [4.78, 5) is 2.40. The van der Waals surface area contributed by atoms with Crippen molar-refractivity contribution in [2.24, 2.45) is 5.41 Å². The van der Waals surface area contributed by atoms with Gasteiger partial charge in [0.15, 0.2) is 0 Å². The van der Waals surface area contributed by atoms with E-state index in [1.165, 1.54) is 0 Å². The largest absolute Gasteiger partial charge is 0.411 e. The Hall–Kier alpha value is -0.330. The first-order valence-electron chi connectivity index (χ1n) is 7.75. The fraction of sp³-hybridized carbons (Fsp3) is 1.00. The van der Waals surface area contributed by atoms with Crippen molar-refractivity contribution in [1.29, 1.82) is 0 Å². The number of nitrogens with one attached hydrogen (secondary N) is 1. The first-order chi connectivity index (χ1) is 9.63. The summed E-state index contributed by atoms with van der Waals surface area (Å²) in [5.41, 5.74) is 0.151. The quantitative estimate of drug-likeness (QED) is 0.763. The molecule has 6 heteroatoms. The third-order valence-electron chi connectivity index (χ3n) is 3.99. The van der Waals surface area contributed by atoms with Gasteiger partial charge in [0.25, 0.3) is 0 Å². The van der Waals surface area contributed by atoms with Crippen LogP contribution in [0.4, 0.5) is 13.2 Å². The molecule has 1 aliphatic rings. The number of rotatable bonds is 6. The minimum atomic E-state index is -4.23. The van der Waals surface area contributed by atoms with Crippen molar-refractivity contribution in [1.82, 2.24) is 10.2 Å². The van der Waals surface area contributed by atoms with Gasteiger partial charge in [-0.1, -0.05) is 27.7 Å². The summed E-state index contributed by atoms with van der Waals surface area (Å²) >= 11 is 0. The third-order valence-corrected chi connectivity index (χ3v) is 3.99. The molecule has 1 rings (SSSR count). The highest BCUT2D eigenvalue weighted by Gasteiger charge is 2.34. The SMILES string of the molecule is CCC1CN(CCCOCC(F)(F)F)C(C(C)(C)C)CN1. The molecule has 0 saturated carbocycles. The summed E-state index contributed by atoms with van der Waals surface area (Å²) in [7, 11) is 0. The maximum absolute atomic E-state index is 12.0. The average Bonchev–Trinajstić information content (AvgIpc) is 2.35. The first kappa shape index (κ1) is 18.7. The highest BCUT2D eigenvalue weighted by molar-refractivity contribution is 4.91. The average molecular weight is 310 g/mol. The molecule has 0 spiro atoms. The number of alkyl halides is 3. The lowest BCUT2D eigenvalue weighted by Gasteiger charge is -2.46. The second kappa shape index (κ2) is 7.79. The van der Waals surface area contributed by atoms with Crippen LogP contribution in [0, 0.1) is 5.41 Å². The van der Waals surface area contributed by atoms with Crippen LogP contribution in [0.1, 0.15) is 40.5 Å². The third kappa shape index (κ3) is 6.98. The Kier molecular flexibility index (Phi) is 6.94. The lowest BCUT2D eigenvalue weighted by atomic mass is 9.83. The maximum atomic E-state index is 12.0. The van der Waals surface area contributed by atoms with Gasteiger partial charge in [-0.15, -0.1) is 0 Å². The number of nitrogens with zero attached hydrogens (tertiary/aromatic N) is 1. The lowest BCUT2D eigenvalue weighted by Crippen LogP contribution is -2.60. The Morgan fingerprint density at radius 2 is 1.90 bits per heavy atom. The smallest absolute Gasteiger partial charge is 0.372 e. The first-order valence-corrected chi connectivity index (χ1v) is 7.75.